The predicted molar refractivity (Wildman–Crippen MR) is 113 cm³/mol. The minimum atomic E-state index is -0.515. The molecule has 154 valence electrons. The van der Waals surface area contributed by atoms with Crippen molar-refractivity contribution in [3.8, 4) is 0 Å². The molecular weight excluding hydrogens is 368 g/mol. The second-order valence-corrected chi connectivity index (χ2v) is 7.60. The molecular formula is C22H28N4O3. The van der Waals surface area contributed by atoms with E-state index < -0.39 is 4.65 Å². The van der Waals surface area contributed by atoms with Gasteiger partial charge in [0.25, 0.3) is 0 Å². The first kappa shape index (κ1) is 21.1. The van der Waals surface area contributed by atoms with Gasteiger partial charge in [-0.05, 0) is 43.7 Å². The zero-order valence-corrected chi connectivity index (χ0v) is 16.9. The lowest BCUT2D eigenvalue weighted by Crippen LogP contribution is -2.42. The van der Waals surface area contributed by atoms with Crippen LogP contribution in [0.1, 0.15) is 37.7 Å². The second-order valence-electron chi connectivity index (χ2n) is 7.60. The molecule has 0 spiro atoms. The molecule has 2 aliphatic carbocycles. The molecule has 0 fully saturated rings. The third-order valence-corrected chi connectivity index (χ3v) is 5.38. The lowest BCUT2D eigenvalue weighted by atomic mass is 10.0. The number of rotatable bonds is 9. The van der Waals surface area contributed by atoms with Crippen LogP contribution >= 0.6 is 0 Å². The Bertz CT molecular complexity index is 845. The van der Waals surface area contributed by atoms with Crippen LogP contribution in [-0.2, 0) is 6.54 Å². The van der Waals surface area contributed by atoms with Crippen LogP contribution in [0.25, 0.3) is 0 Å². The fourth-order valence-corrected chi connectivity index (χ4v) is 3.82. The molecule has 0 bridgehead atoms. The highest BCUT2D eigenvalue weighted by molar-refractivity contribution is 5.23. The van der Waals surface area contributed by atoms with E-state index in [0.29, 0.717) is 25.1 Å². The molecule has 7 heteroatoms. The van der Waals surface area contributed by atoms with Crippen LogP contribution in [0, 0.1) is 15.3 Å². The van der Waals surface area contributed by atoms with Crippen LogP contribution in [0.15, 0.2) is 72.0 Å². The summed E-state index contributed by atoms with van der Waals surface area (Å²) in [5, 5.41) is 25.0. The zero-order chi connectivity index (χ0) is 20.7. The predicted octanol–water partition coefficient (Wildman–Crippen LogP) is 4.29. The first-order valence-corrected chi connectivity index (χ1v) is 10.1. The molecule has 1 unspecified atom stereocenters. The third kappa shape index (κ3) is 5.47. The van der Waals surface area contributed by atoms with Crippen molar-refractivity contribution < 1.29 is 9.57 Å². The summed E-state index contributed by atoms with van der Waals surface area (Å²) in [5.74, 6) is 0. The Morgan fingerprint density at radius 2 is 2.14 bits per heavy atom. The molecule has 1 heterocycles. The van der Waals surface area contributed by atoms with Gasteiger partial charge in [-0.25, -0.2) is 0 Å². The topological polar surface area (TPSA) is 82.3 Å². The summed E-state index contributed by atoms with van der Waals surface area (Å²) in [6.07, 6.45) is 16.0. The molecule has 7 nitrogen and oxygen atoms in total. The summed E-state index contributed by atoms with van der Waals surface area (Å²) in [6.45, 7) is 1.99. The Morgan fingerprint density at radius 1 is 1.28 bits per heavy atom. The number of nitrogens with zero attached hydrogens (tertiary/aromatic N) is 4. The van der Waals surface area contributed by atoms with E-state index in [1.807, 2.05) is 43.6 Å². The maximum atomic E-state index is 14.0. The first-order valence-electron chi connectivity index (χ1n) is 10.1. The summed E-state index contributed by atoms with van der Waals surface area (Å²) in [5.41, 5.74) is 2.76. The number of pyridine rings is 1. The molecule has 0 saturated heterocycles. The molecule has 3 rings (SSSR count). The number of hydroxylamine groups is 3. The van der Waals surface area contributed by atoms with Crippen LogP contribution in [0.3, 0.4) is 0 Å². The molecule has 1 aromatic rings. The van der Waals surface area contributed by atoms with Crippen molar-refractivity contribution in [2.24, 2.45) is 0 Å². The normalized spacial score (nSPS) is 18.7. The largest absolute Gasteiger partial charge is 0.622 e. The monoisotopic (exact) mass is 396 g/mol. The molecule has 1 atom stereocenters. The van der Waals surface area contributed by atoms with E-state index in [-0.39, 0.29) is 10.6 Å². The van der Waals surface area contributed by atoms with E-state index in [9.17, 15) is 15.3 Å². The SMILES string of the molecule is CN(CCC[N+]([O-])(C1=CCCC=C1)C1=CC=C([N+](=O)[O-])CC1)Cc1cccnc1. The minimum absolute atomic E-state index is 0.171. The minimum Gasteiger partial charge on any atom is -0.622 e. The maximum Gasteiger partial charge on any atom is 0.247 e. The molecule has 0 saturated carbocycles. The fourth-order valence-electron chi connectivity index (χ4n) is 3.82. The lowest BCUT2D eigenvalue weighted by molar-refractivity contribution is -0.802. The average Bonchev–Trinajstić information content (AvgIpc) is 2.75. The van der Waals surface area contributed by atoms with Gasteiger partial charge in [0, 0.05) is 56.9 Å². The van der Waals surface area contributed by atoms with Crippen molar-refractivity contribution in [3.05, 3.63) is 92.9 Å². The van der Waals surface area contributed by atoms with Gasteiger partial charge in [-0.15, -0.1) is 0 Å². The van der Waals surface area contributed by atoms with E-state index in [0.717, 1.165) is 43.6 Å². The van der Waals surface area contributed by atoms with E-state index in [1.54, 1.807) is 12.3 Å². The van der Waals surface area contributed by atoms with E-state index in [2.05, 4.69) is 9.88 Å². The molecule has 2 aliphatic rings. The third-order valence-electron chi connectivity index (χ3n) is 5.38. The summed E-state index contributed by atoms with van der Waals surface area (Å²) < 4.78 is -0.515. The number of quaternary nitrogens is 1. The van der Waals surface area contributed by atoms with Gasteiger partial charge < -0.3 is 10.1 Å². The van der Waals surface area contributed by atoms with Crippen molar-refractivity contribution in [1.82, 2.24) is 9.88 Å². The highest BCUT2D eigenvalue weighted by Crippen LogP contribution is 2.34. The van der Waals surface area contributed by atoms with E-state index >= 15 is 0 Å². The van der Waals surface area contributed by atoms with Gasteiger partial charge in [0.2, 0.25) is 5.70 Å². The van der Waals surface area contributed by atoms with Gasteiger partial charge in [0.15, 0.2) is 0 Å². The molecule has 29 heavy (non-hydrogen) atoms. The number of hydrogen-bond donors (Lipinski definition) is 0. The van der Waals surface area contributed by atoms with Crippen molar-refractivity contribution in [2.75, 3.05) is 20.1 Å². The Balaban J connectivity index is 1.69. The number of allylic oxidation sites excluding steroid dienone is 7. The van der Waals surface area contributed by atoms with Gasteiger partial charge in [-0.2, -0.15) is 0 Å². The van der Waals surface area contributed by atoms with Gasteiger partial charge in [0.1, 0.15) is 11.4 Å². The van der Waals surface area contributed by atoms with Gasteiger partial charge in [-0.1, -0.05) is 12.1 Å². The average molecular weight is 396 g/mol. The molecule has 0 amide bonds. The van der Waals surface area contributed by atoms with Gasteiger partial charge in [-0.3, -0.25) is 19.7 Å². The Labute approximate surface area is 171 Å². The second kappa shape index (κ2) is 9.73. The highest BCUT2D eigenvalue weighted by atomic mass is 16.6. The van der Waals surface area contributed by atoms with Crippen LogP contribution in [0.5, 0.6) is 0 Å². The summed E-state index contributed by atoms with van der Waals surface area (Å²) in [7, 11) is 2.04. The van der Waals surface area contributed by atoms with Crippen LogP contribution in [-0.4, -0.2) is 39.6 Å². The Kier molecular flexibility index (Phi) is 7.09. The van der Waals surface area contributed by atoms with Crippen molar-refractivity contribution in [1.29, 1.82) is 0 Å². The molecule has 0 N–H and O–H groups in total. The number of nitro groups is 1. The fraction of sp³-hybridized carbons (Fsp3) is 0.409. The highest BCUT2D eigenvalue weighted by Gasteiger charge is 2.30. The standard InChI is InChI=1S/C22H28N4O3/c1-24(18-19-7-5-14-23-17-19)15-6-16-26(29,21-8-3-2-4-9-21)22-12-10-20(11-13-22)25(27)28/h3,5,7-10,12,14,17H,2,4,6,11,13,15-16,18H2,1H3. The van der Waals surface area contributed by atoms with Crippen molar-refractivity contribution in [3.63, 3.8) is 0 Å². The van der Waals surface area contributed by atoms with Crippen LogP contribution in [0.2, 0.25) is 0 Å². The van der Waals surface area contributed by atoms with Crippen molar-refractivity contribution >= 4 is 0 Å². The quantitative estimate of drug-likeness (QED) is 0.353. The van der Waals surface area contributed by atoms with Crippen LogP contribution in [0.4, 0.5) is 0 Å². The van der Waals surface area contributed by atoms with Gasteiger partial charge in [0.05, 0.1) is 11.5 Å². The van der Waals surface area contributed by atoms with Gasteiger partial charge >= 0.3 is 0 Å². The summed E-state index contributed by atoms with van der Waals surface area (Å²) in [6, 6.07) is 3.97. The maximum absolute atomic E-state index is 14.0. The number of aromatic nitrogens is 1. The van der Waals surface area contributed by atoms with Crippen molar-refractivity contribution in [2.45, 2.75) is 38.6 Å². The zero-order valence-electron chi connectivity index (χ0n) is 16.9. The lowest BCUT2D eigenvalue weighted by Gasteiger charge is -2.45. The number of hydrogen-bond acceptors (Lipinski definition) is 5. The molecule has 0 aromatic carbocycles. The van der Waals surface area contributed by atoms with Crippen LogP contribution < -0.4 is 0 Å². The molecule has 0 aliphatic heterocycles. The molecule has 0 radical (unpaired) electrons. The smallest absolute Gasteiger partial charge is 0.247 e. The first-order chi connectivity index (χ1) is 14.0. The Hall–Kier alpha value is -2.61. The van der Waals surface area contributed by atoms with E-state index in [4.69, 9.17) is 0 Å². The summed E-state index contributed by atoms with van der Waals surface area (Å²) >= 11 is 0. The molecule has 1 aromatic heterocycles. The Morgan fingerprint density at radius 3 is 2.76 bits per heavy atom. The summed E-state index contributed by atoms with van der Waals surface area (Å²) in [4.78, 5) is 17.0. The van der Waals surface area contributed by atoms with E-state index in [1.165, 1.54) is 6.08 Å².